The highest BCUT2D eigenvalue weighted by Gasteiger charge is 2.46. The topological polar surface area (TPSA) is 94.2 Å². The number of halogens is 3. The number of pyridine rings is 1. The number of aromatic hydroxyl groups is 1. The summed E-state index contributed by atoms with van der Waals surface area (Å²) in [7, 11) is -5.52. The molecule has 166 valence electrons. The SMILES string of the molecule is Cc1cc(Cn2cc(O)n(-c3ccc(S(=O)(=O)C(F)(F)F)cc3)c2=O)c2ccccc2n1. The molecule has 0 aliphatic rings. The Labute approximate surface area is 179 Å². The van der Waals surface area contributed by atoms with E-state index >= 15 is 0 Å². The zero-order valence-electron chi connectivity index (χ0n) is 16.5. The van der Waals surface area contributed by atoms with Gasteiger partial charge in [0.15, 0.2) is 0 Å². The number of hydrogen-bond donors (Lipinski definition) is 1. The number of fused-ring (bicyclic) bond motifs is 1. The maximum atomic E-state index is 12.9. The Balaban J connectivity index is 1.73. The second-order valence-corrected chi connectivity index (χ2v) is 9.06. The van der Waals surface area contributed by atoms with Crippen LogP contribution in [0, 0.1) is 6.92 Å². The number of sulfone groups is 1. The third-order valence-electron chi connectivity index (χ3n) is 4.92. The predicted octanol–water partition coefficient (Wildman–Crippen LogP) is 3.54. The minimum Gasteiger partial charge on any atom is -0.493 e. The van der Waals surface area contributed by atoms with E-state index in [1.165, 1.54) is 10.8 Å². The lowest BCUT2D eigenvalue weighted by Gasteiger charge is -2.09. The first kappa shape index (κ1) is 21.6. The minimum absolute atomic E-state index is 0.0168. The summed E-state index contributed by atoms with van der Waals surface area (Å²) in [6.07, 6.45) is 1.20. The van der Waals surface area contributed by atoms with E-state index < -0.39 is 31.8 Å². The lowest BCUT2D eigenvalue weighted by molar-refractivity contribution is -0.0436. The Bertz CT molecular complexity index is 1490. The molecule has 1 N–H and O–H groups in total. The van der Waals surface area contributed by atoms with Crippen LogP contribution in [0.15, 0.2) is 70.5 Å². The number of hydrogen-bond acceptors (Lipinski definition) is 5. The van der Waals surface area contributed by atoms with Crippen molar-refractivity contribution >= 4 is 20.7 Å². The van der Waals surface area contributed by atoms with Crippen LogP contribution in [-0.2, 0) is 16.4 Å². The van der Waals surface area contributed by atoms with Gasteiger partial charge in [-0.25, -0.2) is 17.8 Å². The van der Waals surface area contributed by atoms with Gasteiger partial charge in [-0.3, -0.25) is 9.55 Å². The van der Waals surface area contributed by atoms with Crippen molar-refractivity contribution in [2.24, 2.45) is 0 Å². The molecule has 2 aromatic heterocycles. The fourth-order valence-electron chi connectivity index (χ4n) is 3.45. The molecule has 0 bridgehead atoms. The molecule has 7 nitrogen and oxygen atoms in total. The Morgan fingerprint density at radius 3 is 2.38 bits per heavy atom. The molecule has 0 radical (unpaired) electrons. The van der Waals surface area contributed by atoms with Gasteiger partial charge in [0.2, 0.25) is 5.88 Å². The van der Waals surface area contributed by atoms with Gasteiger partial charge in [-0.05, 0) is 48.9 Å². The predicted molar refractivity (Wildman–Crippen MR) is 111 cm³/mol. The molecule has 0 aliphatic heterocycles. The number of aryl methyl sites for hydroxylation is 1. The average molecular weight is 463 g/mol. The van der Waals surface area contributed by atoms with E-state index in [4.69, 9.17) is 0 Å². The number of nitrogens with zero attached hydrogens (tertiary/aromatic N) is 3. The van der Waals surface area contributed by atoms with E-state index in [1.807, 2.05) is 37.3 Å². The third-order valence-corrected chi connectivity index (χ3v) is 6.42. The largest absolute Gasteiger partial charge is 0.501 e. The number of alkyl halides is 3. The van der Waals surface area contributed by atoms with Gasteiger partial charge in [-0.2, -0.15) is 13.2 Å². The van der Waals surface area contributed by atoms with E-state index in [-0.39, 0.29) is 12.2 Å². The summed E-state index contributed by atoms with van der Waals surface area (Å²) in [6.45, 7) is 1.93. The van der Waals surface area contributed by atoms with Gasteiger partial charge >= 0.3 is 11.2 Å². The van der Waals surface area contributed by atoms with Crippen molar-refractivity contribution in [3.63, 3.8) is 0 Å². The molecule has 0 aliphatic carbocycles. The van der Waals surface area contributed by atoms with Crippen molar-refractivity contribution < 1.29 is 26.7 Å². The van der Waals surface area contributed by atoms with Gasteiger partial charge in [0.1, 0.15) is 0 Å². The molecule has 4 aromatic rings. The van der Waals surface area contributed by atoms with Crippen molar-refractivity contribution in [2.45, 2.75) is 23.9 Å². The highest BCUT2D eigenvalue weighted by Crippen LogP contribution is 2.30. The first-order valence-corrected chi connectivity index (χ1v) is 10.8. The van der Waals surface area contributed by atoms with E-state index in [2.05, 4.69) is 4.98 Å². The van der Waals surface area contributed by atoms with Crippen LogP contribution in [0.1, 0.15) is 11.3 Å². The maximum Gasteiger partial charge on any atom is 0.501 e. The Morgan fingerprint density at radius 2 is 1.72 bits per heavy atom. The second kappa shape index (κ2) is 7.52. The van der Waals surface area contributed by atoms with E-state index in [0.29, 0.717) is 0 Å². The fraction of sp³-hybridized carbons (Fsp3) is 0.143. The van der Waals surface area contributed by atoms with Gasteiger partial charge in [0.25, 0.3) is 9.84 Å². The van der Waals surface area contributed by atoms with Crippen molar-refractivity contribution in [1.82, 2.24) is 14.1 Å². The second-order valence-electron chi connectivity index (χ2n) is 7.12. The Morgan fingerprint density at radius 1 is 1.06 bits per heavy atom. The molecular formula is C21H16F3N3O4S. The van der Waals surface area contributed by atoms with Crippen molar-refractivity contribution in [3.8, 4) is 11.6 Å². The lowest BCUT2D eigenvalue weighted by atomic mass is 10.1. The van der Waals surface area contributed by atoms with Gasteiger partial charge in [-0.1, -0.05) is 18.2 Å². The van der Waals surface area contributed by atoms with Gasteiger partial charge in [-0.15, -0.1) is 0 Å². The van der Waals surface area contributed by atoms with Crippen LogP contribution < -0.4 is 5.69 Å². The van der Waals surface area contributed by atoms with Crippen LogP contribution >= 0.6 is 0 Å². The molecule has 4 rings (SSSR count). The summed E-state index contributed by atoms with van der Waals surface area (Å²) in [6, 6.07) is 12.7. The van der Waals surface area contributed by atoms with Crippen LogP contribution in [0.3, 0.4) is 0 Å². The smallest absolute Gasteiger partial charge is 0.493 e. The fourth-order valence-corrected chi connectivity index (χ4v) is 4.21. The number of aromatic nitrogens is 3. The van der Waals surface area contributed by atoms with Crippen LogP contribution in [-0.4, -0.2) is 33.2 Å². The van der Waals surface area contributed by atoms with Crippen LogP contribution in [0.5, 0.6) is 5.88 Å². The number of imidazole rings is 1. The van der Waals surface area contributed by atoms with Crippen LogP contribution in [0.4, 0.5) is 13.2 Å². The summed E-state index contributed by atoms with van der Waals surface area (Å²) in [5, 5.41) is 11.1. The zero-order chi connectivity index (χ0) is 23.3. The van der Waals surface area contributed by atoms with Crippen molar-refractivity contribution in [3.05, 3.63) is 82.5 Å². The quantitative estimate of drug-likeness (QED) is 0.500. The number of benzene rings is 2. The first-order chi connectivity index (χ1) is 15.0. The summed E-state index contributed by atoms with van der Waals surface area (Å²) in [4.78, 5) is 16.4. The van der Waals surface area contributed by atoms with Gasteiger partial charge in [0, 0.05) is 11.1 Å². The van der Waals surface area contributed by atoms with E-state index in [0.717, 1.165) is 51.0 Å². The third kappa shape index (κ3) is 3.64. The first-order valence-electron chi connectivity index (χ1n) is 9.27. The standard InChI is InChI=1S/C21H16F3N3O4S/c1-13-10-14(17-4-2-3-5-18(17)25-13)11-26-12-19(28)27(20(26)29)15-6-8-16(9-7-15)32(30,31)21(22,23)24/h2-10,12,28H,11H2,1H3. The summed E-state index contributed by atoms with van der Waals surface area (Å²) in [5.41, 5.74) is -3.78. The molecule has 2 heterocycles. The Kier molecular flexibility index (Phi) is 5.08. The lowest BCUT2D eigenvalue weighted by Crippen LogP contribution is -2.24. The minimum atomic E-state index is -5.52. The number of para-hydroxylation sites is 1. The molecule has 11 heteroatoms. The molecule has 0 saturated carbocycles. The van der Waals surface area contributed by atoms with Crippen LogP contribution in [0.2, 0.25) is 0 Å². The van der Waals surface area contributed by atoms with Crippen molar-refractivity contribution in [1.29, 1.82) is 0 Å². The normalized spacial score (nSPS) is 12.4. The van der Waals surface area contributed by atoms with Gasteiger partial charge in [0.05, 0.1) is 28.8 Å². The average Bonchev–Trinajstić information content (AvgIpc) is 3.00. The van der Waals surface area contributed by atoms with Crippen LogP contribution in [0.25, 0.3) is 16.6 Å². The zero-order valence-corrected chi connectivity index (χ0v) is 17.4. The molecule has 0 unspecified atom stereocenters. The summed E-state index contributed by atoms with van der Waals surface area (Å²) >= 11 is 0. The van der Waals surface area contributed by atoms with E-state index in [1.54, 1.807) is 0 Å². The van der Waals surface area contributed by atoms with Gasteiger partial charge < -0.3 is 5.11 Å². The summed E-state index contributed by atoms with van der Waals surface area (Å²) in [5.74, 6) is -0.448. The molecule has 0 spiro atoms. The maximum absolute atomic E-state index is 12.9. The monoisotopic (exact) mass is 463 g/mol. The highest BCUT2D eigenvalue weighted by molar-refractivity contribution is 7.92. The Hall–Kier alpha value is -3.60. The number of rotatable bonds is 4. The highest BCUT2D eigenvalue weighted by atomic mass is 32.2. The molecule has 32 heavy (non-hydrogen) atoms. The molecule has 0 fully saturated rings. The summed E-state index contributed by atoms with van der Waals surface area (Å²) < 4.78 is 63.4. The molecule has 2 aromatic carbocycles. The van der Waals surface area contributed by atoms with Crippen molar-refractivity contribution in [2.75, 3.05) is 0 Å². The van der Waals surface area contributed by atoms with E-state index in [9.17, 15) is 31.5 Å². The molecule has 0 amide bonds. The molecule has 0 saturated heterocycles. The molecular weight excluding hydrogens is 447 g/mol. The molecule has 0 atom stereocenters.